The zero-order valence-corrected chi connectivity index (χ0v) is 14.2. The Labute approximate surface area is 147 Å². The fourth-order valence-electron chi connectivity index (χ4n) is 2.27. The number of allylic oxidation sites excluding steroid dienone is 2. The van der Waals surface area contributed by atoms with Gasteiger partial charge in [-0.15, -0.1) is 11.3 Å². The third-order valence-corrected chi connectivity index (χ3v) is 4.15. The van der Waals surface area contributed by atoms with Crippen molar-refractivity contribution in [3.63, 3.8) is 0 Å². The van der Waals surface area contributed by atoms with E-state index < -0.39 is 11.9 Å². The van der Waals surface area contributed by atoms with Crippen molar-refractivity contribution in [3.8, 4) is 0 Å². The second kappa shape index (κ2) is 7.31. The monoisotopic (exact) mass is 361 g/mol. The number of fused-ring (bicyclic) bond motifs is 1. The number of rotatable bonds is 5. The summed E-state index contributed by atoms with van der Waals surface area (Å²) in [4.78, 5) is 41.1. The highest BCUT2D eigenvalue weighted by Crippen LogP contribution is 2.24. The van der Waals surface area contributed by atoms with Gasteiger partial charge < -0.3 is 19.7 Å². The van der Waals surface area contributed by atoms with E-state index in [-0.39, 0.29) is 25.7 Å². The molecule has 1 N–H and O–H groups in total. The summed E-state index contributed by atoms with van der Waals surface area (Å²) in [5.41, 5.74) is 0.309. The number of anilines is 1. The molecule has 0 atom stereocenters. The molecule has 1 aromatic rings. The minimum absolute atomic E-state index is 0.0799. The van der Waals surface area contributed by atoms with Crippen LogP contribution in [0.15, 0.2) is 40.5 Å². The lowest BCUT2D eigenvalue weighted by atomic mass is 10.2. The largest absolute Gasteiger partial charge is 0.480 e. The number of esters is 1. The molecule has 130 valence electrons. The lowest BCUT2D eigenvalue weighted by Gasteiger charge is -2.27. The van der Waals surface area contributed by atoms with Crippen LogP contribution in [0.4, 0.5) is 5.00 Å². The van der Waals surface area contributed by atoms with Crippen LogP contribution in [-0.2, 0) is 19.1 Å². The molecule has 0 saturated heterocycles. The maximum Gasteiger partial charge on any atom is 0.341 e. The topological polar surface area (TPSA) is 97.3 Å². The summed E-state index contributed by atoms with van der Waals surface area (Å²) in [5.74, 6) is -0.517. The molecule has 2 aliphatic heterocycles. The maximum absolute atomic E-state index is 12.3. The van der Waals surface area contributed by atoms with Crippen molar-refractivity contribution in [2.75, 3.05) is 25.1 Å². The predicted octanol–water partition coefficient (Wildman–Crippen LogP) is 1.53. The number of aliphatic imine (C=N–C) groups is 1. The SMILES string of the molecule is CCOC(=O)c1ccsc1NC(=O)CN1C=CC=C2OCC(=O)N=C21. The van der Waals surface area contributed by atoms with Crippen LogP contribution in [0, 0.1) is 0 Å². The Balaban J connectivity index is 1.69. The molecule has 3 heterocycles. The van der Waals surface area contributed by atoms with Gasteiger partial charge in [-0.05, 0) is 30.5 Å². The van der Waals surface area contributed by atoms with E-state index >= 15 is 0 Å². The number of nitrogens with zero attached hydrogens (tertiary/aromatic N) is 2. The Kier molecular flexibility index (Phi) is 4.94. The van der Waals surface area contributed by atoms with Gasteiger partial charge in [-0.3, -0.25) is 9.59 Å². The molecule has 0 saturated carbocycles. The van der Waals surface area contributed by atoms with Gasteiger partial charge in [-0.25, -0.2) is 4.79 Å². The Bertz CT molecular complexity index is 808. The van der Waals surface area contributed by atoms with Crippen molar-refractivity contribution in [1.29, 1.82) is 0 Å². The van der Waals surface area contributed by atoms with Crippen LogP contribution >= 0.6 is 11.3 Å². The molecule has 2 aliphatic rings. The first-order valence-electron chi connectivity index (χ1n) is 7.52. The van der Waals surface area contributed by atoms with Crippen LogP contribution in [0.2, 0.25) is 0 Å². The second-order valence-corrected chi connectivity index (χ2v) is 5.97. The van der Waals surface area contributed by atoms with Crippen molar-refractivity contribution in [2.45, 2.75) is 6.92 Å². The number of nitrogens with one attached hydrogen (secondary N) is 1. The maximum atomic E-state index is 12.3. The van der Waals surface area contributed by atoms with E-state index in [1.54, 1.807) is 36.7 Å². The standard InChI is InChI=1S/C16H15N3O5S/c1-2-23-16(22)10-5-7-25-15(10)18-12(20)8-19-6-3-4-11-14(19)17-13(21)9-24-11/h3-7H,2,8-9H2,1H3,(H,18,20). The van der Waals surface area contributed by atoms with Gasteiger partial charge in [0, 0.05) is 6.20 Å². The quantitative estimate of drug-likeness (QED) is 0.799. The first-order chi connectivity index (χ1) is 12.1. The number of amidine groups is 1. The third kappa shape index (κ3) is 3.77. The molecule has 25 heavy (non-hydrogen) atoms. The van der Waals surface area contributed by atoms with Crippen LogP contribution < -0.4 is 5.32 Å². The molecule has 1 aromatic heterocycles. The van der Waals surface area contributed by atoms with Crippen molar-refractivity contribution in [3.05, 3.63) is 41.1 Å². The van der Waals surface area contributed by atoms with Gasteiger partial charge in [-0.2, -0.15) is 4.99 Å². The van der Waals surface area contributed by atoms with Crippen molar-refractivity contribution < 1.29 is 23.9 Å². The van der Waals surface area contributed by atoms with E-state index in [9.17, 15) is 14.4 Å². The van der Waals surface area contributed by atoms with Crippen molar-refractivity contribution >= 4 is 40.0 Å². The van der Waals surface area contributed by atoms with E-state index in [2.05, 4.69) is 10.3 Å². The van der Waals surface area contributed by atoms with Gasteiger partial charge in [0.25, 0.3) is 5.91 Å². The fraction of sp³-hybridized carbons (Fsp3) is 0.250. The smallest absolute Gasteiger partial charge is 0.341 e. The van der Waals surface area contributed by atoms with Gasteiger partial charge in [0.1, 0.15) is 11.5 Å². The van der Waals surface area contributed by atoms with E-state index in [4.69, 9.17) is 9.47 Å². The number of thiophene rings is 1. The summed E-state index contributed by atoms with van der Waals surface area (Å²) >= 11 is 1.23. The van der Waals surface area contributed by atoms with Crippen molar-refractivity contribution in [1.82, 2.24) is 4.90 Å². The Morgan fingerprint density at radius 2 is 2.32 bits per heavy atom. The number of amides is 2. The highest BCUT2D eigenvalue weighted by atomic mass is 32.1. The summed E-state index contributed by atoms with van der Waals surface area (Å²) in [6.45, 7) is 1.78. The van der Waals surface area contributed by atoms with Gasteiger partial charge >= 0.3 is 5.97 Å². The molecule has 0 bridgehead atoms. The normalized spacial score (nSPS) is 15.7. The fourth-order valence-corrected chi connectivity index (χ4v) is 3.06. The highest BCUT2D eigenvalue weighted by molar-refractivity contribution is 7.14. The zero-order valence-electron chi connectivity index (χ0n) is 13.4. The predicted molar refractivity (Wildman–Crippen MR) is 91.2 cm³/mol. The molecule has 0 fully saturated rings. The van der Waals surface area contributed by atoms with Gasteiger partial charge in [0.15, 0.2) is 18.2 Å². The minimum atomic E-state index is -0.488. The van der Waals surface area contributed by atoms with Gasteiger partial charge in [0.05, 0.1) is 12.2 Å². The molecule has 0 radical (unpaired) electrons. The Morgan fingerprint density at radius 3 is 3.12 bits per heavy atom. The number of ether oxygens (including phenoxy) is 2. The molecule has 8 nitrogen and oxygen atoms in total. The average molecular weight is 361 g/mol. The molecule has 0 aliphatic carbocycles. The molecular weight excluding hydrogens is 346 g/mol. The number of carbonyl (C=O) groups excluding carboxylic acids is 3. The number of hydrogen-bond donors (Lipinski definition) is 1. The molecule has 9 heteroatoms. The van der Waals surface area contributed by atoms with Crippen LogP contribution in [-0.4, -0.2) is 48.3 Å². The van der Waals surface area contributed by atoms with Crippen LogP contribution in [0.5, 0.6) is 0 Å². The van der Waals surface area contributed by atoms with Gasteiger partial charge in [0.2, 0.25) is 5.91 Å². The van der Waals surface area contributed by atoms with E-state index in [0.29, 0.717) is 22.2 Å². The highest BCUT2D eigenvalue weighted by Gasteiger charge is 2.26. The van der Waals surface area contributed by atoms with E-state index in [1.807, 2.05) is 0 Å². The first kappa shape index (κ1) is 16.9. The summed E-state index contributed by atoms with van der Waals surface area (Å²) < 4.78 is 10.2. The summed E-state index contributed by atoms with van der Waals surface area (Å²) in [6.07, 6.45) is 5.01. The summed E-state index contributed by atoms with van der Waals surface area (Å²) in [6, 6.07) is 1.59. The second-order valence-electron chi connectivity index (χ2n) is 5.05. The molecule has 0 aromatic carbocycles. The zero-order chi connectivity index (χ0) is 17.8. The lowest BCUT2D eigenvalue weighted by molar-refractivity contribution is -0.122. The van der Waals surface area contributed by atoms with Gasteiger partial charge in [-0.1, -0.05) is 0 Å². The molecule has 0 spiro atoms. The van der Waals surface area contributed by atoms with Crippen LogP contribution in [0.3, 0.4) is 0 Å². The Morgan fingerprint density at radius 1 is 1.48 bits per heavy atom. The molecular formula is C16H15N3O5S. The summed E-state index contributed by atoms with van der Waals surface area (Å²) in [7, 11) is 0. The van der Waals surface area contributed by atoms with E-state index in [1.165, 1.54) is 16.2 Å². The lowest BCUT2D eigenvalue weighted by Crippen LogP contribution is -2.39. The van der Waals surface area contributed by atoms with Crippen LogP contribution in [0.1, 0.15) is 17.3 Å². The Hall–Kier alpha value is -2.94. The summed E-state index contributed by atoms with van der Waals surface area (Å²) in [5, 5.41) is 4.80. The minimum Gasteiger partial charge on any atom is -0.480 e. The first-order valence-corrected chi connectivity index (χ1v) is 8.40. The molecule has 2 amide bonds. The number of carbonyl (C=O) groups is 3. The van der Waals surface area contributed by atoms with Crippen molar-refractivity contribution in [2.24, 2.45) is 4.99 Å². The molecule has 0 unspecified atom stereocenters. The van der Waals surface area contributed by atoms with Crippen LogP contribution in [0.25, 0.3) is 0 Å². The third-order valence-electron chi connectivity index (χ3n) is 3.32. The average Bonchev–Trinajstić information content (AvgIpc) is 3.03. The van der Waals surface area contributed by atoms with E-state index in [0.717, 1.165) is 0 Å². The molecule has 3 rings (SSSR count). The number of hydrogen-bond acceptors (Lipinski definition) is 7.